The van der Waals surface area contributed by atoms with Crippen LogP contribution in [-0.4, -0.2) is 31.7 Å². The number of hydrogen-bond donors (Lipinski definition) is 1. The second kappa shape index (κ2) is 9.75. The van der Waals surface area contributed by atoms with Crippen LogP contribution in [0, 0.1) is 11.3 Å². The van der Waals surface area contributed by atoms with Gasteiger partial charge in [0.2, 0.25) is 0 Å². The van der Waals surface area contributed by atoms with E-state index in [1.54, 1.807) is 0 Å². The molecule has 0 aliphatic carbocycles. The molecule has 3 rings (SSSR count). The number of carbonyl (C=O) groups excluding carboxylic acids is 1. The van der Waals surface area contributed by atoms with E-state index in [4.69, 9.17) is 5.26 Å². The van der Waals surface area contributed by atoms with Gasteiger partial charge in [-0.2, -0.15) is 5.26 Å². The standard InChI is InChI=1S/C17H17N3.C5H10O2/c18-12-14-6-8-15(9-7-14)17-13-19-10-11-20(17)16-4-2-1-3-5-16;1-5(2,3)7-4-6/h1-9,17,19H,10-11,13H2;4H,1-3H3. The molecule has 0 bridgehead atoms. The average molecular weight is 365 g/mol. The van der Waals surface area contributed by atoms with E-state index >= 15 is 0 Å². The summed E-state index contributed by atoms with van der Waals surface area (Å²) in [4.78, 5) is 12.0. The molecular weight excluding hydrogens is 338 g/mol. The Morgan fingerprint density at radius 2 is 1.81 bits per heavy atom. The molecule has 5 heteroatoms. The molecule has 1 aliphatic rings. The Bertz CT molecular complexity index is 746. The number of benzene rings is 2. The van der Waals surface area contributed by atoms with E-state index in [0.717, 1.165) is 19.6 Å². The largest absolute Gasteiger partial charge is 0.462 e. The minimum absolute atomic E-state index is 0.318. The van der Waals surface area contributed by atoms with Crippen molar-refractivity contribution in [1.82, 2.24) is 5.32 Å². The number of rotatable bonds is 3. The first kappa shape index (κ1) is 20.5. The second-order valence-electron chi connectivity index (χ2n) is 7.31. The summed E-state index contributed by atoms with van der Waals surface area (Å²) in [5.41, 5.74) is 2.90. The molecule has 2 aromatic carbocycles. The number of nitriles is 1. The number of ether oxygens (including phenoxy) is 1. The first-order valence-corrected chi connectivity index (χ1v) is 9.08. The molecule has 1 heterocycles. The van der Waals surface area contributed by atoms with Crippen LogP contribution in [0.5, 0.6) is 0 Å². The zero-order valence-corrected chi connectivity index (χ0v) is 16.2. The van der Waals surface area contributed by atoms with Crippen molar-refractivity contribution < 1.29 is 9.53 Å². The van der Waals surface area contributed by atoms with Crippen LogP contribution in [0.3, 0.4) is 0 Å². The molecular formula is C22H27N3O2. The summed E-state index contributed by atoms with van der Waals surface area (Å²) in [6, 6.07) is 20.9. The van der Waals surface area contributed by atoms with E-state index in [1.165, 1.54) is 11.3 Å². The van der Waals surface area contributed by atoms with Crippen LogP contribution in [0.1, 0.15) is 37.9 Å². The molecule has 0 saturated carbocycles. The molecule has 142 valence electrons. The lowest BCUT2D eigenvalue weighted by Gasteiger charge is -2.38. The summed E-state index contributed by atoms with van der Waals surface area (Å²) in [5, 5.41) is 12.4. The Labute approximate surface area is 161 Å². The van der Waals surface area contributed by atoms with Crippen molar-refractivity contribution in [2.45, 2.75) is 32.4 Å². The lowest BCUT2D eigenvalue weighted by atomic mass is 10.0. The lowest BCUT2D eigenvalue weighted by Crippen LogP contribution is -2.46. The predicted octanol–water partition coefficient (Wildman–Crippen LogP) is 3.67. The zero-order chi connectivity index (χ0) is 19.7. The maximum Gasteiger partial charge on any atom is 0.293 e. The quantitative estimate of drug-likeness (QED) is 0.841. The van der Waals surface area contributed by atoms with Crippen LogP contribution in [0.15, 0.2) is 54.6 Å². The van der Waals surface area contributed by atoms with Crippen LogP contribution >= 0.6 is 0 Å². The first-order chi connectivity index (χ1) is 12.9. The predicted molar refractivity (Wildman–Crippen MR) is 107 cm³/mol. The fourth-order valence-electron chi connectivity index (χ4n) is 2.85. The van der Waals surface area contributed by atoms with Gasteiger partial charge in [0.05, 0.1) is 17.7 Å². The lowest BCUT2D eigenvalue weighted by molar-refractivity contribution is -0.138. The van der Waals surface area contributed by atoms with Gasteiger partial charge in [0.1, 0.15) is 5.60 Å². The topological polar surface area (TPSA) is 65.4 Å². The monoisotopic (exact) mass is 365 g/mol. The molecule has 1 unspecified atom stereocenters. The van der Waals surface area contributed by atoms with Crippen molar-refractivity contribution >= 4 is 12.2 Å². The summed E-state index contributed by atoms with van der Waals surface area (Å²) >= 11 is 0. The Morgan fingerprint density at radius 1 is 1.15 bits per heavy atom. The van der Waals surface area contributed by atoms with E-state index < -0.39 is 0 Å². The number of anilines is 1. The summed E-state index contributed by atoms with van der Waals surface area (Å²) in [6.45, 7) is 8.85. The maximum absolute atomic E-state index is 9.60. The van der Waals surface area contributed by atoms with Crippen LogP contribution in [0.4, 0.5) is 5.69 Å². The summed E-state index contributed by atoms with van der Waals surface area (Å²) in [6.07, 6.45) is 0. The summed E-state index contributed by atoms with van der Waals surface area (Å²) < 4.78 is 4.55. The van der Waals surface area contributed by atoms with Gasteiger partial charge in [-0.15, -0.1) is 0 Å². The molecule has 0 spiro atoms. The third kappa shape index (κ3) is 6.43. The molecule has 0 aromatic heterocycles. The summed E-state index contributed by atoms with van der Waals surface area (Å²) in [5.74, 6) is 0. The molecule has 1 saturated heterocycles. The Morgan fingerprint density at radius 3 is 2.33 bits per heavy atom. The smallest absolute Gasteiger partial charge is 0.293 e. The number of hydrogen-bond acceptors (Lipinski definition) is 5. The van der Waals surface area contributed by atoms with Gasteiger partial charge in [0.25, 0.3) is 6.47 Å². The molecule has 1 atom stereocenters. The van der Waals surface area contributed by atoms with Gasteiger partial charge >= 0.3 is 0 Å². The van der Waals surface area contributed by atoms with E-state index in [-0.39, 0.29) is 5.60 Å². The van der Waals surface area contributed by atoms with Gasteiger partial charge in [-0.05, 0) is 50.6 Å². The fraction of sp³-hybridized carbons (Fsp3) is 0.364. The Hall–Kier alpha value is -2.84. The van der Waals surface area contributed by atoms with Crippen LogP contribution in [-0.2, 0) is 9.53 Å². The normalized spacial score (nSPS) is 16.5. The van der Waals surface area contributed by atoms with Crippen LogP contribution in [0.2, 0.25) is 0 Å². The van der Waals surface area contributed by atoms with Crippen molar-refractivity contribution in [2.24, 2.45) is 0 Å². The third-order valence-corrected chi connectivity index (χ3v) is 4.16. The van der Waals surface area contributed by atoms with E-state index in [0.29, 0.717) is 18.1 Å². The Kier molecular flexibility index (Phi) is 7.39. The molecule has 2 aromatic rings. The number of carbonyl (C=O) groups is 1. The van der Waals surface area contributed by atoms with Gasteiger partial charge in [-0.3, -0.25) is 4.79 Å². The van der Waals surface area contributed by atoms with Gasteiger partial charge in [-0.25, -0.2) is 0 Å². The van der Waals surface area contributed by atoms with Gasteiger partial charge in [-0.1, -0.05) is 30.3 Å². The molecule has 0 radical (unpaired) electrons. The van der Waals surface area contributed by atoms with E-state index in [2.05, 4.69) is 57.4 Å². The SMILES string of the molecule is CC(C)(C)OC=O.N#Cc1ccc(C2CNCCN2c2ccccc2)cc1. The van der Waals surface area contributed by atoms with E-state index in [9.17, 15) is 4.79 Å². The molecule has 0 amide bonds. The highest BCUT2D eigenvalue weighted by atomic mass is 16.5. The number of nitrogens with one attached hydrogen (secondary N) is 1. The van der Waals surface area contributed by atoms with Gasteiger partial charge in [0.15, 0.2) is 0 Å². The van der Waals surface area contributed by atoms with Crippen LogP contribution < -0.4 is 10.2 Å². The third-order valence-electron chi connectivity index (χ3n) is 4.16. The minimum Gasteiger partial charge on any atom is -0.462 e. The number of nitrogens with zero attached hydrogens (tertiary/aromatic N) is 2. The van der Waals surface area contributed by atoms with Crippen molar-refractivity contribution in [2.75, 3.05) is 24.5 Å². The highest BCUT2D eigenvalue weighted by Crippen LogP contribution is 2.28. The van der Waals surface area contributed by atoms with Crippen LogP contribution in [0.25, 0.3) is 0 Å². The van der Waals surface area contributed by atoms with E-state index in [1.807, 2.05) is 39.0 Å². The summed E-state index contributed by atoms with van der Waals surface area (Å²) in [7, 11) is 0. The number of para-hydroxylation sites is 1. The minimum atomic E-state index is -0.318. The first-order valence-electron chi connectivity index (χ1n) is 9.08. The van der Waals surface area contributed by atoms with Crippen molar-refractivity contribution in [1.29, 1.82) is 5.26 Å². The molecule has 5 nitrogen and oxygen atoms in total. The highest BCUT2D eigenvalue weighted by Gasteiger charge is 2.23. The highest BCUT2D eigenvalue weighted by molar-refractivity contribution is 5.50. The zero-order valence-electron chi connectivity index (χ0n) is 16.2. The average Bonchev–Trinajstić information content (AvgIpc) is 2.68. The van der Waals surface area contributed by atoms with Crippen molar-refractivity contribution in [3.8, 4) is 6.07 Å². The molecule has 1 N–H and O–H groups in total. The van der Waals surface area contributed by atoms with Gasteiger partial charge < -0.3 is 15.0 Å². The van der Waals surface area contributed by atoms with Gasteiger partial charge in [0, 0.05) is 25.3 Å². The fourth-order valence-corrected chi connectivity index (χ4v) is 2.85. The second-order valence-corrected chi connectivity index (χ2v) is 7.31. The molecule has 27 heavy (non-hydrogen) atoms. The number of piperazine rings is 1. The molecule has 1 fully saturated rings. The van der Waals surface area contributed by atoms with Crippen molar-refractivity contribution in [3.63, 3.8) is 0 Å². The molecule has 1 aliphatic heterocycles. The van der Waals surface area contributed by atoms with Crippen molar-refractivity contribution in [3.05, 3.63) is 65.7 Å². The maximum atomic E-state index is 9.60. The Balaban J connectivity index is 0.000000321.